The number of rotatable bonds is 9. The largest absolute Gasteiger partial charge is 0.354 e. The van der Waals surface area contributed by atoms with Crippen LogP contribution in [0.25, 0.3) is 0 Å². The van der Waals surface area contributed by atoms with Crippen molar-refractivity contribution in [3.63, 3.8) is 0 Å². The van der Waals surface area contributed by atoms with E-state index in [4.69, 9.17) is 11.6 Å². The first kappa shape index (κ1) is 26.0. The van der Waals surface area contributed by atoms with Crippen molar-refractivity contribution < 1.29 is 14.4 Å². The van der Waals surface area contributed by atoms with Gasteiger partial charge >= 0.3 is 6.03 Å². The van der Waals surface area contributed by atoms with Gasteiger partial charge in [0.05, 0.1) is 23.9 Å². The van der Waals surface area contributed by atoms with E-state index in [0.29, 0.717) is 35.8 Å². The van der Waals surface area contributed by atoms with Gasteiger partial charge in [0.15, 0.2) is 0 Å². The van der Waals surface area contributed by atoms with Crippen LogP contribution in [0.1, 0.15) is 29.0 Å². The third kappa shape index (κ3) is 5.33. The summed E-state index contributed by atoms with van der Waals surface area (Å²) in [6, 6.07) is 19.2. The Morgan fingerprint density at radius 1 is 1.11 bits per heavy atom. The van der Waals surface area contributed by atoms with Crippen molar-refractivity contribution in [3.8, 4) is 0 Å². The van der Waals surface area contributed by atoms with Gasteiger partial charge in [0, 0.05) is 29.4 Å². The van der Waals surface area contributed by atoms with Gasteiger partial charge in [-0.3, -0.25) is 14.5 Å². The zero-order valence-electron chi connectivity index (χ0n) is 21.0. The third-order valence-electron chi connectivity index (χ3n) is 6.97. The van der Waals surface area contributed by atoms with Gasteiger partial charge in [-0.2, -0.15) is 0 Å². The van der Waals surface area contributed by atoms with Crippen LogP contribution in [0.3, 0.4) is 0 Å². The lowest BCUT2D eigenvalue weighted by Crippen LogP contribution is -2.50. The second-order valence-corrected chi connectivity index (χ2v) is 10.8. The Labute approximate surface area is 231 Å². The molecule has 0 radical (unpaired) electrons. The summed E-state index contributed by atoms with van der Waals surface area (Å²) in [5, 5.41) is 8.62. The highest BCUT2D eigenvalue weighted by molar-refractivity contribution is 7.09. The third-order valence-corrected chi connectivity index (χ3v) is 8.16. The standard InChI is InChI=1S/C29H29ClN4O3S/c1-2-33-24-18-34(28(36)25(24)26(32-29(33)37)20-10-12-21(30)13-11-20)23(17-19-7-4-3-5-8-19)27(35)31-15-14-22-9-6-16-38-22/h3-13,16,23,26H,2,14-15,17-18H2,1H3,(H,31,35)(H,32,37)/t23-,26+/m0/s1. The monoisotopic (exact) mass is 548 g/mol. The van der Waals surface area contributed by atoms with Crippen molar-refractivity contribution in [3.05, 3.63) is 104 Å². The SMILES string of the molecule is CCN1C(=O)N[C@H](c2ccc(Cl)cc2)C2=C1CN([C@@H](Cc1ccccc1)C(=O)NCCc1cccs1)C2=O. The number of likely N-dealkylation sites (N-methyl/N-ethyl adjacent to an activating group) is 1. The van der Waals surface area contributed by atoms with Crippen LogP contribution in [0.5, 0.6) is 0 Å². The molecular weight excluding hydrogens is 520 g/mol. The molecule has 2 atom stereocenters. The maximum atomic E-state index is 14.0. The van der Waals surface area contributed by atoms with Gasteiger partial charge in [0.1, 0.15) is 6.04 Å². The Balaban J connectivity index is 1.44. The van der Waals surface area contributed by atoms with Crippen LogP contribution >= 0.6 is 22.9 Å². The fraction of sp³-hybridized carbons (Fsp3) is 0.276. The van der Waals surface area contributed by atoms with E-state index in [-0.39, 0.29) is 24.4 Å². The molecule has 4 amide bonds. The number of carbonyl (C=O) groups excluding carboxylic acids is 3. The summed E-state index contributed by atoms with van der Waals surface area (Å²) in [4.78, 5) is 45.1. The summed E-state index contributed by atoms with van der Waals surface area (Å²) >= 11 is 7.74. The molecule has 9 heteroatoms. The molecule has 2 aliphatic rings. The molecule has 0 fully saturated rings. The van der Waals surface area contributed by atoms with Crippen molar-refractivity contribution in [2.24, 2.45) is 0 Å². The summed E-state index contributed by atoms with van der Waals surface area (Å²) in [7, 11) is 0. The Bertz CT molecular complexity index is 1340. The minimum Gasteiger partial charge on any atom is -0.354 e. The van der Waals surface area contributed by atoms with Crippen molar-refractivity contribution in [1.29, 1.82) is 0 Å². The predicted molar refractivity (Wildman–Crippen MR) is 149 cm³/mol. The molecule has 2 aromatic carbocycles. The van der Waals surface area contributed by atoms with E-state index in [1.165, 1.54) is 4.88 Å². The first-order chi connectivity index (χ1) is 18.5. The number of amides is 4. The average molecular weight is 549 g/mol. The van der Waals surface area contributed by atoms with E-state index >= 15 is 0 Å². The Kier molecular flexibility index (Phi) is 7.81. The van der Waals surface area contributed by atoms with Crippen LogP contribution in [0, 0.1) is 0 Å². The molecule has 3 heterocycles. The van der Waals surface area contributed by atoms with E-state index in [2.05, 4.69) is 10.6 Å². The van der Waals surface area contributed by atoms with Crippen LogP contribution in [0.15, 0.2) is 83.4 Å². The van der Waals surface area contributed by atoms with E-state index < -0.39 is 12.1 Å². The van der Waals surface area contributed by atoms with Crippen LogP contribution in [0.4, 0.5) is 4.79 Å². The Morgan fingerprint density at radius 3 is 2.55 bits per heavy atom. The van der Waals surface area contributed by atoms with E-state index in [9.17, 15) is 14.4 Å². The topological polar surface area (TPSA) is 81.8 Å². The lowest BCUT2D eigenvalue weighted by molar-refractivity contribution is -0.136. The molecule has 0 spiro atoms. The fourth-order valence-corrected chi connectivity index (χ4v) is 5.90. The summed E-state index contributed by atoms with van der Waals surface area (Å²) in [6.45, 7) is 2.96. The van der Waals surface area contributed by atoms with Crippen LogP contribution in [-0.2, 0) is 22.4 Å². The molecule has 7 nitrogen and oxygen atoms in total. The predicted octanol–water partition coefficient (Wildman–Crippen LogP) is 4.55. The van der Waals surface area contributed by atoms with Gasteiger partial charge in [-0.15, -0.1) is 11.3 Å². The van der Waals surface area contributed by atoms with Gasteiger partial charge in [0.25, 0.3) is 5.91 Å². The lowest BCUT2D eigenvalue weighted by atomic mass is 9.95. The molecular formula is C29H29ClN4O3S. The smallest absolute Gasteiger partial charge is 0.322 e. The zero-order valence-corrected chi connectivity index (χ0v) is 22.6. The van der Waals surface area contributed by atoms with E-state index in [0.717, 1.165) is 17.5 Å². The first-order valence-corrected chi connectivity index (χ1v) is 13.9. The first-order valence-electron chi connectivity index (χ1n) is 12.7. The summed E-state index contributed by atoms with van der Waals surface area (Å²) < 4.78 is 0. The molecule has 0 saturated carbocycles. The van der Waals surface area contributed by atoms with Gasteiger partial charge in [-0.1, -0.05) is 60.1 Å². The molecule has 0 saturated heterocycles. The summed E-state index contributed by atoms with van der Waals surface area (Å²) in [5.41, 5.74) is 2.87. The number of carbonyl (C=O) groups is 3. The van der Waals surface area contributed by atoms with Crippen molar-refractivity contribution in [2.75, 3.05) is 19.6 Å². The van der Waals surface area contributed by atoms with Gasteiger partial charge in [0.2, 0.25) is 5.91 Å². The molecule has 0 bridgehead atoms. The van der Waals surface area contributed by atoms with Gasteiger partial charge in [-0.05, 0) is 48.1 Å². The molecule has 0 aliphatic carbocycles. The number of thiophene rings is 1. The Morgan fingerprint density at radius 2 is 1.87 bits per heavy atom. The lowest BCUT2D eigenvalue weighted by Gasteiger charge is -2.32. The zero-order chi connectivity index (χ0) is 26.6. The van der Waals surface area contributed by atoms with Crippen molar-refractivity contribution >= 4 is 40.8 Å². The van der Waals surface area contributed by atoms with Crippen molar-refractivity contribution in [1.82, 2.24) is 20.4 Å². The molecule has 3 aromatic rings. The highest BCUT2D eigenvalue weighted by Gasteiger charge is 2.46. The highest BCUT2D eigenvalue weighted by atomic mass is 35.5. The number of benzene rings is 2. The van der Waals surface area contributed by atoms with Gasteiger partial charge in [-0.25, -0.2) is 4.79 Å². The quantitative estimate of drug-likeness (QED) is 0.411. The molecule has 38 heavy (non-hydrogen) atoms. The minimum atomic E-state index is -0.724. The highest BCUT2D eigenvalue weighted by Crippen LogP contribution is 2.37. The number of hydrogen-bond donors (Lipinski definition) is 2. The molecule has 5 rings (SSSR count). The molecule has 2 N–H and O–H groups in total. The van der Waals surface area contributed by atoms with E-state index in [1.54, 1.807) is 33.3 Å². The average Bonchev–Trinajstić information content (AvgIpc) is 3.56. The van der Waals surface area contributed by atoms with Crippen LogP contribution < -0.4 is 10.6 Å². The number of nitrogens with one attached hydrogen (secondary N) is 2. The van der Waals surface area contributed by atoms with Crippen LogP contribution in [0.2, 0.25) is 5.02 Å². The van der Waals surface area contributed by atoms with Crippen LogP contribution in [-0.4, -0.2) is 53.3 Å². The number of halogens is 1. The normalized spacial score (nSPS) is 17.9. The summed E-state index contributed by atoms with van der Waals surface area (Å²) in [6.07, 6.45) is 1.10. The summed E-state index contributed by atoms with van der Waals surface area (Å²) in [5.74, 6) is -0.447. The number of hydrogen-bond acceptors (Lipinski definition) is 4. The number of nitrogens with zero attached hydrogens (tertiary/aromatic N) is 2. The molecule has 0 unspecified atom stereocenters. The number of urea groups is 1. The molecule has 1 aromatic heterocycles. The Hall–Kier alpha value is -3.62. The van der Waals surface area contributed by atoms with Gasteiger partial charge < -0.3 is 15.5 Å². The second-order valence-electron chi connectivity index (χ2n) is 9.30. The van der Waals surface area contributed by atoms with Crippen molar-refractivity contribution in [2.45, 2.75) is 31.8 Å². The maximum absolute atomic E-state index is 14.0. The fourth-order valence-electron chi connectivity index (χ4n) is 5.07. The minimum absolute atomic E-state index is 0.190. The van der Waals surface area contributed by atoms with E-state index in [1.807, 2.05) is 66.9 Å². The maximum Gasteiger partial charge on any atom is 0.322 e. The molecule has 2 aliphatic heterocycles. The molecule has 196 valence electrons. The second kappa shape index (κ2) is 11.4.